The summed E-state index contributed by atoms with van der Waals surface area (Å²) in [5, 5.41) is 8.54. The first-order valence-electron chi connectivity index (χ1n) is 12.0. The van der Waals surface area contributed by atoms with Crippen LogP contribution in [0.3, 0.4) is 0 Å². The molecule has 0 amide bonds. The molecule has 1 aromatic rings. The summed E-state index contributed by atoms with van der Waals surface area (Å²) in [5.41, 5.74) is 2.86. The second kappa shape index (κ2) is 11.9. The van der Waals surface area contributed by atoms with Crippen molar-refractivity contribution in [3.63, 3.8) is 0 Å². The van der Waals surface area contributed by atoms with Crippen LogP contribution in [0.2, 0.25) is 0 Å². The van der Waals surface area contributed by atoms with Crippen molar-refractivity contribution in [3.05, 3.63) is 47.5 Å². The van der Waals surface area contributed by atoms with Crippen molar-refractivity contribution in [3.8, 4) is 6.07 Å². The van der Waals surface area contributed by atoms with Gasteiger partial charge < -0.3 is 4.74 Å². The number of hydrogen-bond acceptors (Lipinski definition) is 3. The predicted molar refractivity (Wildman–Crippen MR) is 121 cm³/mol. The number of esters is 1. The maximum atomic E-state index is 12.7. The summed E-state index contributed by atoms with van der Waals surface area (Å²) in [5.74, 6) is 1.44. The molecule has 2 fully saturated rings. The molecule has 0 saturated heterocycles. The lowest BCUT2D eigenvalue weighted by Gasteiger charge is -2.31. The quantitative estimate of drug-likeness (QED) is 0.349. The topological polar surface area (TPSA) is 50.1 Å². The number of carbonyl (C=O) groups is 1. The van der Waals surface area contributed by atoms with Crippen LogP contribution in [0, 0.1) is 23.2 Å². The standard InChI is InChI=1S/C27H37NO2/c1-2-6-21-8-12-23(13-9-21)24-14-16-25(17-15-24)27(29)30-26-18-10-22(11-19-26)7-4-3-5-20-28/h3,5,8-9,12-13,22,24-26H,2,4,6-7,10-11,14-19H2,1H3/b5-3+. The highest BCUT2D eigenvalue weighted by molar-refractivity contribution is 5.72. The van der Waals surface area contributed by atoms with Crippen LogP contribution >= 0.6 is 0 Å². The van der Waals surface area contributed by atoms with Gasteiger partial charge in [-0.25, -0.2) is 0 Å². The zero-order valence-electron chi connectivity index (χ0n) is 18.5. The van der Waals surface area contributed by atoms with Crippen LogP contribution in [0.25, 0.3) is 0 Å². The van der Waals surface area contributed by atoms with Gasteiger partial charge in [-0.2, -0.15) is 5.26 Å². The lowest BCUT2D eigenvalue weighted by molar-refractivity contribution is -0.157. The predicted octanol–water partition coefficient (Wildman–Crippen LogP) is 6.87. The van der Waals surface area contributed by atoms with Gasteiger partial charge in [0.15, 0.2) is 0 Å². The number of ether oxygens (including phenoxy) is 1. The minimum absolute atomic E-state index is 0.0483. The molecule has 0 bridgehead atoms. The Balaban J connectivity index is 1.36. The third-order valence-corrected chi connectivity index (χ3v) is 7.06. The molecule has 0 aliphatic heterocycles. The van der Waals surface area contributed by atoms with Crippen molar-refractivity contribution in [2.45, 2.75) is 96.0 Å². The summed E-state index contributed by atoms with van der Waals surface area (Å²) >= 11 is 0. The molecule has 0 N–H and O–H groups in total. The molecular weight excluding hydrogens is 370 g/mol. The Bertz CT molecular complexity index is 714. The fraction of sp³-hybridized carbons (Fsp3) is 0.630. The van der Waals surface area contributed by atoms with Crippen molar-refractivity contribution < 1.29 is 9.53 Å². The van der Waals surface area contributed by atoms with E-state index in [4.69, 9.17) is 10.00 Å². The Kier molecular flexibility index (Phi) is 9.00. The molecule has 0 spiro atoms. The van der Waals surface area contributed by atoms with Gasteiger partial charge in [0.1, 0.15) is 6.10 Å². The van der Waals surface area contributed by atoms with Gasteiger partial charge in [-0.1, -0.05) is 43.7 Å². The summed E-state index contributed by atoms with van der Waals surface area (Å²) < 4.78 is 5.91. The smallest absolute Gasteiger partial charge is 0.309 e. The third kappa shape index (κ3) is 6.73. The fourth-order valence-electron chi connectivity index (χ4n) is 5.17. The van der Waals surface area contributed by atoms with Crippen LogP contribution in [0.5, 0.6) is 0 Å². The molecule has 3 nitrogen and oxygen atoms in total. The van der Waals surface area contributed by atoms with Gasteiger partial charge in [-0.15, -0.1) is 0 Å². The molecule has 2 aliphatic rings. The first-order valence-corrected chi connectivity index (χ1v) is 12.0. The van der Waals surface area contributed by atoms with Gasteiger partial charge in [-0.05, 0) is 93.6 Å². The summed E-state index contributed by atoms with van der Waals surface area (Å²) in [7, 11) is 0. The molecule has 1 aromatic carbocycles. The van der Waals surface area contributed by atoms with Crippen LogP contribution in [0.15, 0.2) is 36.4 Å². The van der Waals surface area contributed by atoms with E-state index in [1.165, 1.54) is 17.5 Å². The van der Waals surface area contributed by atoms with E-state index in [1.54, 1.807) is 6.08 Å². The molecule has 0 atom stereocenters. The molecule has 0 unspecified atom stereocenters. The molecule has 0 aromatic heterocycles. The molecule has 30 heavy (non-hydrogen) atoms. The summed E-state index contributed by atoms with van der Waals surface area (Å²) in [4.78, 5) is 12.7. The molecule has 2 saturated carbocycles. The number of hydrogen-bond donors (Lipinski definition) is 0. The number of aryl methyl sites for hydroxylation is 1. The van der Waals surface area contributed by atoms with E-state index in [-0.39, 0.29) is 18.0 Å². The van der Waals surface area contributed by atoms with Crippen molar-refractivity contribution in [1.29, 1.82) is 5.26 Å². The molecular formula is C27H37NO2. The van der Waals surface area contributed by atoms with Crippen molar-refractivity contribution in [1.82, 2.24) is 0 Å². The number of carbonyl (C=O) groups excluding carboxylic acids is 1. The van der Waals surface area contributed by atoms with Crippen LogP contribution in [0.4, 0.5) is 0 Å². The zero-order chi connectivity index (χ0) is 21.2. The van der Waals surface area contributed by atoms with Crippen molar-refractivity contribution in [2.24, 2.45) is 11.8 Å². The third-order valence-electron chi connectivity index (χ3n) is 7.06. The van der Waals surface area contributed by atoms with E-state index in [1.807, 2.05) is 12.1 Å². The Labute approximate surface area is 182 Å². The largest absolute Gasteiger partial charge is 0.462 e. The van der Waals surface area contributed by atoms with Crippen LogP contribution in [-0.4, -0.2) is 12.1 Å². The van der Waals surface area contributed by atoms with Gasteiger partial charge in [0.05, 0.1) is 12.0 Å². The van der Waals surface area contributed by atoms with Crippen molar-refractivity contribution in [2.75, 3.05) is 0 Å². The average Bonchev–Trinajstić information content (AvgIpc) is 2.79. The lowest BCUT2D eigenvalue weighted by atomic mass is 9.78. The summed E-state index contributed by atoms with van der Waals surface area (Å²) in [6, 6.07) is 11.2. The molecule has 2 aliphatic carbocycles. The van der Waals surface area contributed by atoms with Crippen LogP contribution < -0.4 is 0 Å². The monoisotopic (exact) mass is 407 g/mol. The minimum atomic E-state index is 0.0483. The highest BCUT2D eigenvalue weighted by Gasteiger charge is 2.31. The number of nitriles is 1. The van der Waals surface area contributed by atoms with Gasteiger partial charge in [0, 0.05) is 6.08 Å². The van der Waals surface area contributed by atoms with Crippen molar-refractivity contribution >= 4 is 5.97 Å². The van der Waals surface area contributed by atoms with E-state index in [0.717, 1.165) is 70.6 Å². The summed E-state index contributed by atoms with van der Waals surface area (Å²) in [6.45, 7) is 2.22. The second-order valence-corrected chi connectivity index (χ2v) is 9.23. The highest BCUT2D eigenvalue weighted by atomic mass is 16.5. The van der Waals surface area contributed by atoms with Crippen LogP contribution in [0.1, 0.15) is 94.6 Å². The van der Waals surface area contributed by atoms with E-state index >= 15 is 0 Å². The normalized spacial score (nSPS) is 26.9. The van der Waals surface area contributed by atoms with Crippen LogP contribution in [-0.2, 0) is 16.0 Å². The van der Waals surface area contributed by atoms with E-state index in [2.05, 4.69) is 31.2 Å². The molecule has 3 heteroatoms. The van der Waals surface area contributed by atoms with E-state index in [0.29, 0.717) is 11.8 Å². The van der Waals surface area contributed by atoms with Gasteiger partial charge in [-0.3, -0.25) is 4.79 Å². The first kappa shape index (κ1) is 22.6. The Morgan fingerprint density at radius 3 is 2.40 bits per heavy atom. The maximum absolute atomic E-state index is 12.7. The lowest BCUT2D eigenvalue weighted by Crippen LogP contribution is -2.29. The Hall–Kier alpha value is -2.08. The number of nitrogens with zero attached hydrogens (tertiary/aromatic N) is 1. The molecule has 0 radical (unpaired) electrons. The van der Waals surface area contributed by atoms with E-state index < -0.39 is 0 Å². The highest BCUT2D eigenvalue weighted by Crippen LogP contribution is 2.37. The van der Waals surface area contributed by atoms with E-state index in [9.17, 15) is 4.79 Å². The second-order valence-electron chi connectivity index (χ2n) is 9.23. The van der Waals surface area contributed by atoms with Gasteiger partial charge in [0.2, 0.25) is 0 Å². The van der Waals surface area contributed by atoms with Gasteiger partial charge >= 0.3 is 5.97 Å². The molecule has 3 rings (SSSR count). The van der Waals surface area contributed by atoms with Gasteiger partial charge in [0.25, 0.3) is 0 Å². The average molecular weight is 408 g/mol. The first-order chi connectivity index (χ1) is 14.7. The summed E-state index contributed by atoms with van der Waals surface area (Å²) in [6.07, 6.45) is 16.5. The number of rotatable bonds is 8. The maximum Gasteiger partial charge on any atom is 0.309 e. The number of benzene rings is 1. The SMILES string of the molecule is CCCc1ccc(C2CCC(C(=O)OC3CCC(CC/C=C/C#N)CC3)CC2)cc1. The fourth-order valence-corrected chi connectivity index (χ4v) is 5.17. The Morgan fingerprint density at radius 2 is 1.77 bits per heavy atom. The Morgan fingerprint density at radius 1 is 1.07 bits per heavy atom. The zero-order valence-corrected chi connectivity index (χ0v) is 18.5. The molecule has 162 valence electrons. The molecule has 0 heterocycles. The number of allylic oxidation sites excluding steroid dienone is 2. The minimum Gasteiger partial charge on any atom is -0.462 e.